The first-order valence-electron chi connectivity index (χ1n) is 5.55. The average molecular weight is 214 g/mol. The van der Waals surface area contributed by atoms with Crippen LogP contribution < -0.4 is 0 Å². The molecular formula is C12H22O3. The molecule has 0 heterocycles. The third kappa shape index (κ3) is 4.45. The Morgan fingerprint density at radius 3 is 2.07 bits per heavy atom. The van der Waals surface area contributed by atoms with Gasteiger partial charge in [0.05, 0.1) is 6.61 Å². The lowest BCUT2D eigenvalue weighted by atomic mass is 9.81. The zero-order valence-corrected chi connectivity index (χ0v) is 10.4. The van der Waals surface area contributed by atoms with Gasteiger partial charge in [0.1, 0.15) is 5.92 Å². The fourth-order valence-electron chi connectivity index (χ4n) is 1.41. The van der Waals surface area contributed by atoms with Crippen LogP contribution in [0.15, 0.2) is 0 Å². The molecule has 0 aliphatic rings. The molecule has 0 bridgehead atoms. The number of ketones is 1. The molecule has 0 fully saturated rings. The Hall–Kier alpha value is -0.860. The minimum Gasteiger partial charge on any atom is -0.465 e. The largest absolute Gasteiger partial charge is 0.465 e. The predicted molar refractivity (Wildman–Crippen MR) is 59.5 cm³/mol. The molecule has 0 spiro atoms. The standard InChI is InChI=1S/C12H22O3/c1-6-8-9(11(14)15-7-2)10(13)12(3,4)5/h9H,6-8H2,1-5H3. The first-order chi connectivity index (χ1) is 6.84. The zero-order valence-electron chi connectivity index (χ0n) is 10.4. The van der Waals surface area contributed by atoms with E-state index in [0.29, 0.717) is 13.0 Å². The summed E-state index contributed by atoms with van der Waals surface area (Å²) in [6.07, 6.45) is 1.39. The molecule has 0 rings (SSSR count). The van der Waals surface area contributed by atoms with E-state index in [1.165, 1.54) is 0 Å². The summed E-state index contributed by atoms with van der Waals surface area (Å²) in [4.78, 5) is 23.5. The fourth-order valence-corrected chi connectivity index (χ4v) is 1.41. The van der Waals surface area contributed by atoms with Gasteiger partial charge in [-0.3, -0.25) is 9.59 Å². The van der Waals surface area contributed by atoms with Crippen LogP contribution in [-0.4, -0.2) is 18.4 Å². The highest BCUT2D eigenvalue weighted by Crippen LogP contribution is 2.24. The molecule has 0 aromatic carbocycles. The molecule has 0 saturated carbocycles. The molecule has 3 nitrogen and oxygen atoms in total. The molecule has 3 heteroatoms. The smallest absolute Gasteiger partial charge is 0.316 e. The summed E-state index contributed by atoms with van der Waals surface area (Å²) in [6.45, 7) is 9.53. The van der Waals surface area contributed by atoms with Crippen LogP contribution in [0.2, 0.25) is 0 Å². The maximum absolute atomic E-state index is 12.0. The summed E-state index contributed by atoms with van der Waals surface area (Å²) in [5, 5.41) is 0. The number of ether oxygens (including phenoxy) is 1. The number of esters is 1. The summed E-state index contributed by atoms with van der Waals surface area (Å²) in [6, 6.07) is 0. The molecule has 0 saturated heterocycles. The first kappa shape index (κ1) is 14.1. The van der Waals surface area contributed by atoms with Crippen LogP contribution in [0.4, 0.5) is 0 Å². The van der Waals surface area contributed by atoms with E-state index in [2.05, 4.69) is 0 Å². The van der Waals surface area contributed by atoms with Crippen LogP contribution in [0.1, 0.15) is 47.5 Å². The number of hydrogen-bond donors (Lipinski definition) is 0. The summed E-state index contributed by atoms with van der Waals surface area (Å²) < 4.78 is 4.91. The van der Waals surface area contributed by atoms with Crippen molar-refractivity contribution < 1.29 is 14.3 Å². The van der Waals surface area contributed by atoms with E-state index in [4.69, 9.17) is 4.74 Å². The van der Waals surface area contributed by atoms with Gasteiger partial charge in [0, 0.05) is 5.41 Å². The van der Waals surface area contributed by atoms with Crippen molar-refractivity contribution in [3.05, 3.63) is 0 Å². The summed E-state index contributed by atoms with van der Waals surface area (Å²) >= 11 is 0. The van der Waals surface area contributed by atoms with E-state index in [0.717, 1.165) is 6.42 Å². The van der Waals surface area contributed by atoms with Crippen molar-refractivity contribution in [2.24, 2.45) is 11.3 Å². The van der Waals surface area contributed by atoms with Crippen molar-refractivity contribution in [1.82, 2.24) is 0 Å². The van der Waals surface area contributed by atoms with Crippen LogP contribution >= 0.6 is 0 Å². The van der Waals surface area contributed by atoms with Crippen LogP contribution in [-0.2, 0) is 14.3 Å². The maximum Gasteiger partial charge on any atom is 0.316 e. The summed E-state index contributed by atoms with van der Waals surface area (Å²) in [5.74, 6) is -0.989. The van der Waals surface area contributed by atoms with Gasteiger partial charge in [-0.1, -0.05) is 34.1 Å². The van der Waals surface area contributed by atoms with E-state index in [9.17, 15) is 9.59 Å². The lowest BCUT2D eigenvalue weighted by Crippen LogP contribution is -2.34. The molecule has 1 unspecified atom stereocenters. The van der Waals surface area contributed by atoms with Crippen LogP contribution in [0.25, 0.3) is 0 Å². The normalized spacial score (nSPS) is 13.4. The zero-order chi connectivity index (χ0) is 12.1. The lowest BCUT2D eigenvalue weighted by Gasteiger charge is -2.22. The molecular weight excluding hydrogens is 192 g/mol. The van der Waals surface area contributed by atoms with Crippen molar-refractivity contribution in [2.75, 3.05) is 6.61 Å². The quantitative estimate of drug-likeness (QED) is 0.522. The molecule has 0 aromatic rings. The Labute approximate surface area is 92.2 Å². The van der Waals surface area contributed by atoms with Gasteiger partial charge in [-0.05, 0) is 13.3 Å². The van der Waals surface area contributed by atoms with Crippen molar-refractivity contribution in [3.63, 3.8) is 0 Å². The molecule has 0 aromatic heterocycles. The number of hydrogen-bond acceptors (Lipinski definition) is 3. The van der Waals surface area contributed by atoms with Gasteiger partial charge < -0.3 is 4.74 Å². The Morgan fingerprint density at radius 1 is 1.20 bits per heavy atom. The highest BCUT2D eigenvalue weighted by Gasteiger charge is 2.34. The fraction of sp³-hybridized carbons (Fsp3) is 0.833. The van der Waals surface area contributed by atoms with Gasteiger partial charge in [0.2, 0.25) is 0 Å². The van der Waals surface area contributed by atoms with Crippen LogP contribution in [0, 0.1) is 11.3 Å². The Morgan fingerprint density at radius 2 is 1.73 bits per heavy atom. The van der Waals surface area contributed by atoms with Gasteiger partial charge in [0.15, 0.2) is 5.78 Å². The van der Waals surface area contributed by atoms with Gasteiger partial charge in [0.25, 0.3) is 0 Å². The van der Waals surface area contributed by atoms with Gasteiger partial charge >= 0.3 is 5.97 Å². The number of carbonyl (C=O) groups excluding carboxylic acids is 2. The molecule has 0 N–H and O–H groups in total. The second-order valence-electron chi connectivity index (χ2n) is 4.71. The second-order valence-corrected chi connectivity index (χ2v) is 4.71. The Bertz CT molecular complexity index is 226. The highest BCUT2D eigenvalue weighted by atomic mass is 16.5. The molecule has 0 aliphatic carbocycles. The van der Waals surface area contributed by atoms with Crippen molar-refractivity contribution in [3.8, 4) is 0 Å². The van der Waals surface area contributed by atoms with Gasteiger partial charge in [-0.2, -0.15) is 0 Å². The van der Waals surface area contributed by atoms with E-state index in [1.807, 2.05) is 27.7 Å². The molecule has 0 radical (unpaired) electrons. The van der Waals surface area contributed by atoms with Gasteiger partial charge in [-0.25, -0.2) is 0 Å². The SMILES string of the molecule is CCCC(C(=O)OCC)C(=O)C(C)(C)C. The molecule has 0 amide bonds. The monoisotopic (exact) mass is 214 g/mol. The number of carbonyl (C=O) groups is 2. The van der Waals surface area contributed by atoms with Crippen LogP contribution in [0.5, 0.6) is 0 Å². The van der Waals surface area contributed by atoms with Crippen LogP contribution in [0.3, 0.4) is 0 Å². The highest BCUT2D eigenvalue weighted by molar-refractivity contribution is 6.01. The predicted octanol–water partition coefficient (Wildman–Crippen LogP) is 2.58. The minimum atomic E-state index is -0.588. The van der Waals surface area contributed by atoms with Crippen molar-refractivity contribution in [2.45, 2.75) is 47.5 Å². The Kier molecular flexibility index (Phi) is 5.55. The molecule has 0 aliphatic heterocycles. The van der Waals surface area contributed by atoms with Gasteiger partial charge in [-0.15, -0.1) is 0 Å². The first-order valence-corrected chi connectivity index (χ1v) is 5.55. The summed E-state index contributed by atoms with van der Waals surface area (Å²) in [5.41, 5.74) is -0.480. The number of Topliss-reactive ketones (excluding diaryl/α,β-unsaturated/α-hetero) is 1. The lowest BCUT2D eigenvalue weighted by molar-refractivity contribution is -0.154. The van der Waals surface area contributed by atoms with E-state index in [-0.39, 0.29) is 11.8 Å². The Balaban J connectivity index is 4.66. The molecule has 88 valence electrons. The maximum atomic E-state index is 12.0. The molecule has 1 atom stereocenters. The minimum absolute atomic E-state index is 0.0252. The average Bonchev–Trinajstić information content (AvgIpc) is 2.12. The number of rotatable bonds is 5. The van der Waals surface area contributed by atoms with E-state index < -0.39 is 11.3 Å². The van der Waals surface area contributed by atoms with Crippen molar-refractivity contribution in [1.29, 1.82) is 0 Å². The third-order valence-electron chi connectivity index (χ3n) is 2.20. The van der Waals surface area contributed by atoms with Crippen molar-refractivity contribution >= 4 is 11.8 Å². The summed E-state index contributed by atoms with van der Waals surface area (Å²) in [7, 11) is 0. The second kappa shape index (κ2) is 5.89. The van der Waals surface area contributed by atoms with E-state index >= 15 is 0 Å². The third-order valence-corrected chi connectivity index (χ3v) is 2.20. The topological polar surface area (TPSA) is 43.4 Å². The molecule has 15 heavy (non-hydrogen) atoms. The van der Waals surface area contributed by atoms with E-state index in [1.54, 1.807) is 6.92 Å².